The molecular weight excluding hydrogens is 364 g/mol. The summed E-state index contributed by atoms with van der Waals surface area (Å²) in [6.45, 7) is 1.00. The van der Waals surface area contributed by atoms with Crippen molar-refractivity contribution < 1.29 is 19.0 Å². The van der Waals surface area contributed by atoms with Crippen LogP contribution in [-0.4, -0.2) is 26.6 Å². The number of carbonyl (C=O) groups is 1. The second kappa shape index (κ2) is 8.82. The maximum Gasteiger partial charge on any atom is 0.126 e. The molecule has 3 aromatic rings. The summed E-state index contributed by atoms with van der Waals surface area (Å²) in [7, 11) is 1.66. The summed E-state index contributed by atoms with van der Waals surface area (Å²) in [6.07, 6.45) is 1.26. The van der Waals surface area contributed by atoms with Crippen LogP contribution < -0.4 is 14.2 Å². The van der Waals surface area contributed by atoms with Crippen molar-refractivity contribution in [3.63, 3.8) is 0 Å². The zero-order valence-electron chi connectivity index (χ0n) is 16.4. The van der Waals surface area contributed by atoms with Gasteiger partial charge in [0.2, 0.25) is 0 Å². The predicted molar refractivity (Wildman–Crippen MR) is 112 cm³/mol. The number of benzene rings is 3. The predicted octanol–water partition coefficient (Wildman–Crippen LogP) is 4.97. The lowest BCUT2D eigenvalue weighted by Crippen LogP contribution is -2.25. The molecule has 2 atom stereocenters. The molecule has 0 bridgehead atoms. The lowest BCUT2D eigenvalue weighted by Gasteiger charge is -2.34. The fourth-order valence-electron chi connectivity index (χ4n) is 3.91. The molecule has 0 aromatic heterocycles. The molecule has 4 heteroatoms. The molecule has 1 heterocycles. The molecule has 0 aliphatic carbocycles. The van der Waals surface area contributed by atoms with Gasteiger partial charge in [0.15, 0.2) is 0 Å². The third-order valence-corrected chi connectivity index (χ3v) is 5.35. The molecule has 0 spiro atoms. The van der Waals surface area contributed by atoms with Crippen LogP contribution in [0.3, 0.4) is 0 Å². The van der Waals surface area contributed by atoms with Crippen LogP contribution in [0.25, 0.3) is 0 Å². The summed E-state index contributed by atoms with van der Waals surface area (Å²) in [5.74, 6) is 2.80. The Balaban J connectivity index is 1.70. The molecule has 29 heavy (non-hydrogen) atoms. The Hall–Kier alpha value is -3.27. The normalized spacial score (nSPS) is 17.7. The molecule has 1 aliphatic heterocycles. The number of ether oxygens (including phenoxy) is 3. The van der Waals surface area contributed by atoms with Crippen molar-refractivity contribution in [3.8, 4) is 17.2 Å². The van der Waals surface area contributed by atoms with Crippen LogP contribution in [0, 0.1) is 0 Å². The summed E-state index contributed by atoms with van der Waals surface area (Å²) in [6, 6.07) is 24.7. The van der Waals surface area contributed by atoms with E-state index >= 15 is 0 Å². The van der Waals surface area contributed by atoms with E-state index in [1.807, 2.05) is 30.3 Å². The van der Waals surface area contributed by atoms with Gasteiger partial charge in [0.25, 0.3) is 0 Å². The lowest BCUT2D eigenvalue weighted by atomic mass is 9.76. The number of aldehydes is 1. The molecule has 0 radical (unpaired) electrons. The van der Waals surface area contributed by atoms with E-state index in [2.05, 4.69) is 42.5 Å². The maximum absolute atomic E-state index is 10.5. The molecule has 0 N–H and O–H groups in total. The summed E-state index contributed by atoms with van der Waals surface area (Å²) in [5.41, 5.74) is 3.61. The molecule has 1 aliphatic rings. The third-order valence-electron chi connectivity index (χ3n) is 5.35. The summed E-state index contributed by atoms with van der Waals surface area (Å²) in [4.78, 5) is 10.5. The van der Waals surface area contributed by atoms with Crippen molar-refractivity contribution in [2.24, 2.45) is 0 Å². The highest BCUT2D eigenvalue weighted by molar-refractivity contribution is 5.51. The van der Waals surface area contributed by atoms with Crippen molar-refractivity contribution in [1.29, 1.82) is 0 Å². The van der Waals surface area contributed by atoms with E-state index in [0.29, 0.717) is 19.6 Å². The van der Waals surface area contributed by atoms with E-state index < -0.39 is 0 Å². The molecule has 0 fully saturated rings. The van der Waals surface area contributed by atoms with E-state index in [9.17, 15) is 4.79 Å². The van der Waals surface area contributed by atoms with Gasteiger partial charge in [-0.25, -0.2) is 0 Å². The highest BCUT2D eigenvalue weighted by Crippen LogP contribution is 2.47. The first kappa shape index (κ1) is 19.1. The van der Waals surface area contributed by atoms with E-state index in [4.69, 9.17) is 14.2 Å². The molecule has 0 saturated carbocycles. The van der Waals surface area contributed by atoms with Gasteiger partial charge >= 0.3 is 0 Å². The Morgan fingerprint density at radius 3 is 2.45 bits per heavy atom. The van der Waals surface area contributed by atoms with Crippen molar-refractivity contribution in [2.75, 3.05) is 20.3 Å². The lowest BCUT2D eigenvalue weighted by molar-refractivity contribution is -0.108. The second-order valence-corrected chi connectivity index (χ2v) is 7.08. The van der Waals surface area contributed by atoms with Crippen LogP contribution >= 0.6 is 0 Å². The number of methoxy groups -OCH3 is 1. The highest BCUT2D eigenvalue weighted by atomic mass is 16.5. The fourth-order valence-corrected chi connectivity index (χ4v) is 3.91. The highest BCUT2D eigenvalue weighted by Gasteiger charge is 2.33. The minimum absolute atomic E-state index is 0.163. The Bertz CT molecular complexity index is 950. The Kier molecular flexibility index (Phi) is 5.80. The number of hydrogen-bond acceptors (Lipinski definition) is 4. The number of rotatable bonds is 7. The van der Waals surface area contributed by atoms with Gasteiger partial charge in [-0.2, -0.15) is 0 Å². The summed E-state index contributed by atoms with van der Waals surface area (Å²) < 4.78 is 17.1. The van der Waals surface area contributed by atoms with Crippen molar-refractivity contribution in [2.45, 2.75) is 18.3 Å². The topological polar surface area (TPSA) is 44.8 Å². The number of hydrogen-bond donors (Lipinski definition) is 0. The zero-order valence-corrected chi connectivity index (χ0v) is 16.4. The molecule has 4 rings (SSSR count). The molecule has 4 nitrogen and oxygen atoms in total. The largest absolute Gasteiger partial charge is 0.497 e. The molecule has 148 valence electrons. The fraction of sp³-hybridized carbons (Fsp3) is 0.240. The van der Waals surface area contributed by atoms with Gasteiger partial charge in [-0.15, -0.1) is 0 Å². The first-order valence-corrected chi connectivity index (χ1v) is 9.82. The third kappa shape index (κ3) is 4.11. The first-order chi connectivity index (χ1) is 14.3. The van der Waals surface area contributed by atoms with Gasteiger partial charge in [0, 0.05) is 29.9 Å². The van der Waals surface area contributed by atoms with Gasteiger partial charge in [-0.3, -0.25) is 0 Å². The van der Waals surface area contributed by atoms with Crippen LogP contribution in [0.2, 0.25) is 0 Å². The smallest absolute Gasteiger partial charge is 0.126 e. The minimum atomic E-state index is 0.163. The molecule has 0 unspecified atom stereocenters. The molecule has 0 amide bonds. The van der Waals surface area contributed by atoms with Gasteiger partial charge < -0.3 is 19.0 Å². The Morgan fingerprint density at radius 2 is 1.72 bits per heavy atom. The Labute approximate surface area is 171 Å². The van der Waals surface area contributed by atoms with Gasteiger partial charge in [0.05, 0.1) is 20.3 Å². The molecule has 3 aromatic carbocycles. The van der Waals surface area contributed by atoms with E-state index in [-0.39, 0.29) is 11.8 Å². The standard InChI is InChI=1S/C25H24O4/c1-27-21-12-13-22-24(16-21)29-17-23(18-6-3-2-4-7-18)25(22)19-8-10-20(11-9-19)28-15-5-14-26/h2-4,6-14,16,23,25H,5,15,17H2,1H3/t23-,25-/m1/s1. The second-order valence-electron chi connectivity index (χ2n) is 7.08. The zero-order chi connectivity index (χ0) is 20.1. The number of carbonyl (C=O) groups excluding carboxylic acids is 1. The first-order valence-electron chi connectivity index (χ1n) is 9.82. The van der Waals surface area contributed by atoms with E-state index in [1.165, 1.54) is 11.1 Å². The van der Waals surface area contributed by atoms with Crippen LogP contribution in [0.15, 0.2) is 72.8 Å². The molecular formula is C25H24O4. The van der Waals surface area contributed by atoms with Crippen molar-refractivity contribution in [1.82, 2.24) is 0 Å². The van der Waals surface area contributed by atoms with Crippen molar-refractivity contribution in [3.05, 3.63) is 89.5 Å². The van der Waals surface area contributed by atoms with Crippen LogP contribution in [0.4, 0.5) is 0 Å². The monoisotopic (exact) mass is 388 g/mol. The van der Waals surface area contributed by atoms with E-state index in [0.717, 1.165) is 29.1 Å². The quantitative estimate of drug-likeness (QED) is 0.423. The average molecular weight is 388 g/mol. The van der Waals surface area contributed by atoms with Crippen LogP contribution in [-0.2, 0) is 4.79 Å². The summed E-state index contributed by atoms with van der Waals surface area (Å²) >= 11 is 0. The summed E-state index contributed by atoms with van der Waals surface area (Å²) in [5, 5.41) is 0. The van der Waals surface area contributed by atoms with Gasteiger partial charge in [-0.05, 0) is 29.3 Å². The average Bonchev–Trinajstić information content (AvgIpc) is 2.79. The minimum Gasteiger partial charge on any atom is -0.497 e. The SMILES string of the molecule is COc1ccc2c(c1)OC[C@H](c1ccccc1)[C@@H]2c1ccc(OCCC=O)cc1. The van der Waals surface area contributed by atoms with Crippen LogP contribution in [0.1, 0.15) is 34.9 Å². The van der Waals surface area contributed by atoms with Crippen molar-refractivity contribution >= 4 is 6.29 Å². The number of fused-ring (bicyclic) bond motifs is 1. The van der Waals surface area contributed by atoms with Crippen LogP contribution in [0.5, 0.6) is 17.2 Å². The molecule has 0 saturated heterocycles. The van der Waals surface area contributed by atoms with Gasteiger partial charge in [0.1, 0.15) is 23.5 Å². The van der Waals surface area contributed by atoms with E-state index in [1.54, 1.807) is 7.11 Å². The Morgan fingerprint density at radius 1 is 0.966 bits per heavy atom. The maximum atomic E-state index is 10.5. The van der Waals surface area contributed by atoms with Gasteiger partial charge in [-0.1, -0.05) is 48.5 Å².